The Bertz CT molecular complexity index is 1130. The summed E-state index contributed by atoms with van der Waals surface area (Å²) in [4.78, 5) is 36.4. The number of rotatable bonds is 12. The van der Waals surface area contributed by atoms with Crippen LogP contribution in [-0.2, 0) is 9.53 Å². The molecule has 0 saturated heterocycles. The molecule has 0 saturated carbocycles. The van der Waals surface area contributed by atoms with Crippen molar-refractivity contribution in [3.8, 4) is 11.5 Å². The fourth-order valence-electron chi connectivity index (χ4n) is 3.15. The van der Waals surface area contributed by atoms with Crippen LogP contribution in [0.4, 0.5) is 8.78 Å². The van der Waals surface area contributed by atoms with Crippen LogP contribution >= 0.6 is 0 Å². The molecule has 0 aliphatic carbocycles. The van der Waals surface area contributed by atoms with E-state index >= 15 is 0 Å². The van der Waals surface area contributed by atoms with Crippen molar-refractivity contribution in [2.24, 2.45) is 0 Å². The Labute approximate surface area is 201 Å². The number of carbonyl (C=O) groups is 2. The van der Waals surface area contributed by atoms with Crippen LogP contribution in [0, 0.1) is 0 Å². The van der Waals surface area contributed by atoms with Crippen molar-refractivity contribution in [2.45, 2.75) is 45.5 Å². The van der Waals surface area contributed by atoms with Gasteiger partial charge in [-0.2, -0.15) is 0 Å². The standard InChI is InChI=1S/C26H28F2O7/c1-16(7-5-4-6-8-23(30)33-3)21-14-20(29)24(26(32)35-21)25(31)17(2)13-18-9-11-19(12-10-18)34-15-22(27)28/h4,6,9-14,16,22,29H,5,7-8,15H2,1-3H3. The average Bonchev–Trinajstić information content (AvgIpc) is 2.82. The zero-order valence-corrected chi connectivity index (χ0v) is 19.8. The van der Waals surface area contributed by atoms with E-state index in [2.05, 4.69) is 4.74 Å². The van der Waals surface area contributed by atoms with Crippen LogP contribution in [0.15, 0.2) is 57.3 Å². The smallest absolute Gasteiger partial charge is 0.351 e. The molecule has 188 valence electrons. The molecule has 2 aromatic rings. The lowest BCUT2D eigenvalue weighted by Crippen LogP contribution is -2.16. The van der Waals surface area contributed by atoms with Crippen molar-refractivity contribution in [3.63, 3.8) is 0 Å². The van der Waals surface area contributed by atoms with Crippen LogP contribution in [0.3, 0.4) is 0 Å². The van der Waals surface area contributed by atoms with Crippen molar-refractivity contribution in [3.05, 3.63) is 75.4 Å². The Morgan fingerprint density at radius 1 is 1.17 bits per heavy atom. The van der Waals surface area contributed by atoms with Gasteiger partial charge in [-0.1, -0.05) is 31.2 Å². The summed E-state index contributed by atoms with van der Waals surface area (Å²) in [6.07, 6.45) is 3.77. The van der Waals surface area contributed by atoms with Gasteiger partial charge in [0.1, 0.15) is 29.4 Å². The van der Waals surface area contributed by atoms with Crippen LogP contribution in [0.1, 0.15) is 60.7 Å². The quantitative estimate of drug-likeness (QED) is 0.187. The van der Waals surface area contributed by atoms with Crippen molar-refractivity contribution in [1.82, 2.24) is 0 Å². The van der Waals surface area contributed by atoms with Crippen molar-refractivity contribution < 1.29 is 37.4 Å². The number of Topliss-reactive ketones (excluding diaryl/α,β-unsaturated/α-hetero) is 1. The minimum Gasteiger partial charge on any atom is -0.507 e. The number of methoxy groups -OCH3 is 1. The summed E-state index contributed by atoms with van der Waals surface area (Å²) in [5.74, 6) is -1.23. The van der Waals surface area contributed by atoms with E-state index in [9.17, 15) is 28.3 Å². The van der Waals surface area contributed by atoms with Crippen molar-refractivity contribution in [2.75, 3.05) is 13.7 Å². The minimum atomic E-state index is -2.59. The Balaban J connectivity index is 2.08. The third-order valence-electron chi connectivity index (χ3n) is 5.11. The number of carbonyl (C=O) groups excluding carboxylic acids is 2. The highest BCUT2D eigenvalue weighted by Crippen LogP contribution is 2.26. The minimum absolute atomic E-state index is 0.168. The molecule has 0 radical (unpaired) electrons. The maximum atomic E-state index is 12.8. The molecular weight excluding hydrogens is 462 g/mol. The molecule has 1 N–H and O–H groups in total. The van der Waals surface area contributed by atoms with E-state index in [1.54, 1.807) is 18.2 Å². The number of allylic oxidation sites excluding steroid dienone is 2. The monoisotopic (exact) mass is 490 g/mol. The van der Waals surface area contributed by atoms with Crippen LogP contribution in [0.2, 0.25) is 0 Å². The van der Waals surface area contributed by atoms with Gasteiger partial charge in [0.05, 0.1) is 13.5 Å². The molecule has 1 heterocycles. The van der Waals surface area contributed by atoms with Gasteiger partial charge in [0.15, 0.2) is 5.78 Å². The fraction of sp³-hybridized carbons (Fsp3) is 0.346. The highest BCUT2D eigenvalue weighted by Gasteiger charge is 2.22. The van der Waals surface area contributed by atoms with Gasteiger partial charge < -0.3 is 19.0 Å². The first-order valence-corrected chi connectivity index (χ1v) is 10.9. The van der Waals surface area contributed by atoms with Gasteiger partial charge in [0, 0.05) is 12.0 Å². The highest BCUT2D eigenvalue weighted by molar-refractivity contribution is 6.12. The molecule has 1 unspecified atom stereocenters. The Morgan fingerprint density at radius 3 is 2.46 bits per heavy atom. The van der Waals surface area contributed by atoms with E-state index in [1.165, 1.54) is 38.3 Å². The van der Waals surface area contributed by atoms with E-state index in [0.29, 0.717) is 18.4 Å². The zero-order valence-electron chi connectivity index (χ0n) is 19.8. The van der Waals surface area contributed by atoms with Gasteiger partial charge in [-0.25, -0.2) is 13.6 Å². The molecule has 0 spiro atoms. The second kappa shape index (κ2) is 13.2. The molecule has 1 aromatic heterocycles. The van der Waals surface area contributed by atoms with Gasteiger partial charge in [0.2, 0.25) is 0 Å². The van der Waals surface area contributed by atoms with E-state index in [-0.39, 0.29) is 35.4 Å². The molecule has 2 rings (SSSR count). The van der Waals surface area contributed by atoms with Crippen LogP contribution in [0.25, 0.3) is 6.08 Å². The third-order valence-corrected chi connectivity index (χ3v) is 5.11. The van der Waals surface area contributed by atoms with E-state index in [0.717, 1.165) is 0 Å². The summed E-state index contributed by atoms with van der Waals surface area (Å²) in [6, 6.07) is 7.38. The summed E-state index contributed by atoms with van der Waals surface area (Å²) in [5, 5.41) is 10.4. The maximum Gasteiger partial charge on any atom is 0.351 e. The Kier molecular flexibility index (Phi) is 10.4. The number of halogens is 2. The second-order valence-electron chi connectivity index (χ2n) is 7.85. The number of hydrogen-bond acceptors (Lipinski definition) is 7. The molecule has 0 amide bonds. The summed E-state index contributed by atoms with van der Waals surface area (Å²) in [6.45, 7) is 2.58. The SMILES string of the molecule is COC(=O)CC=CCCC(C)c1cc(O)c(C(=O)C(C)=Cc2ccc(OCC(F)F)cc2)c(=O)o1. The van der Waals surface area contributed by atoms with E-state index < -0.39 is 35.8 Å². The number of alkyl halides is 2. The first-order chi connectivity index (χ1) is 16.6. The Morgan fingerprint density at radius 2 is 1.86 bits per heavy atom. The van der Waals surface area contributed by atoms with Crippen molar-refractivity contribution in [1.29, 1.82) is 0 Å². The van der Waals surface area contributed by atoms with Crippen LogP contribution < -0.4 is 10.4 Å². The first-order valence-electron chi connectivity index (χ1n) is 10.9. The lowest BCUT2D eigenvalue weighted by Gasteiger charge is -2.11. The van der Waals surface area contributed by atoms with Gasteiger partial charge in [-0.3, -0.25) is 9.59 Å². The summed E-state index contributed by atoms with van der Waals surface area (Å²) < 4.78 is 39.2. The molecular formula is C26H28F2O7. The number of esters is 1. The number of ether oxygens (including phenoxy) is 2. The number of ketones is 1. The summed E-state index contributed by atoms with van der Waals surface area (Å²) in [7, 11) is 1.31. The van der Waals surface area contributed by atoms with E-state index in [1.807, 2.05) is 13.0 Å². The normalized spacial score (nSPS) is 12.7. The summed E-state index contributed by atoms with van der Waals surface area (Å²) >= 11 is 0. The van der Waals surface area contributed by atoms with Crippen LogP contribution in [-0.4, -0.2) is 37.0 Å². The number of benzene rings is 1. The van der Waals surface area contributed by atoms with E-state index in [4.69, 9.17) is 9.15 Å². The zero-order chi connectivity index (χ0) is 26.0. The second-order valence-corrected chi connectivity index (χ2v) is 7.85. The van der Waals surface area contributed by atoms with Crippen LogP contribution in [0.5, 0.6) is 11.5 Å². The topological polar surface area (TPSA) is 103 Å². The lowest BCUT2D eigenvalue weighted by molar-refractivity contribution is -0.139. The molecule has 35 heavy (non-hydrogen) atoms. The molecule has 9 heteroatoms. The fourth-order valence-corrected chi connectivity index (χ4v) is 3.15. The van der Waals surface area contributed by atoms with Gasteiger partial charge >= 0.3 is 11.6 Å². The predicted molar refractivity (Wildman–Crippen MR) is 126 cm³/mol. The molecule has 0 fully saturated rings. The average molecular weight is 490 g/mol. The molecule has 0 aliphatic heterocycles. The van der Waals surface area contributed by atoms with Gasteiger partial charge in [-0.15, -0.1) is 0 Å². The number of aromatic hydroxyl groups is 1. The largest absolute Gasteiger partial charge is 0.507 e. The third kappa shape index (κ3) is 8.51. The molecule has 1 atom stereocenters. The molecule has 0 bridgehead atoms. The maximum absolute atomic E-state index is 12.8. The Hall–Kier alpha value is -3.75. The molecule has 0 aliphatic rings. The van der Waals surface area contributed by atoms with Gasteiger partial charge in [-0.05, 0) is 49.1 Å². The van der Waals surface area contributed by atoms with Gasteiger partial charge in [0.25, 0.3) is 6.43 Å². The highest BCUT2D eigenvalue weighted by atomic mass is 19.3. The molecule has 1 aromatic carbocycles. The first kappa shape index (κ1) is 27.5. The summed E-state index contributed by atoms with van der Waals surface area (Å²) in [5.41, 5.74) is -0.661. The predicted octanol–water partition coefficient (Wildman–Crippen LogP) is 5.28. The lowest BCUT2D eigenvalue weighted by atomic mass is 9.99. The van der Waals surface area contributed by atoms with Crippen molar-refractivity contribution >= 4 is 17.8 Å². The number of hydrogen-bond donors (Lipinski definition) is 1. The molecule has 7 nitrogen and oxygen atoms in total.